The second kappa shape index (κ2) is 11.7. The third-order valence-corrected chi connectivity index (χ3v) is 3.76. The lowest BCUT2D eigenvalue weighted by molar-refractivity contribution is -0.117. The van der Waals surface area contributed by atoms with Crippen LogP contribution in [0.2, 0.25) is 0 Å². The van der Waals surface area contributed by atoms with Gasteiger partial charge in [-0.25, -0.2) is 4.98 Å². The molecule has 0 radical (unpaired) electrons. The summed E-state index contributed by atoms with van der Waals surface area (Å²) in [6, 6.07) is 7.52. The highest BCUT2D eigenvalue weighted by Gasteiger charge is 2.17. The van der Waals surface area contributed by atoms with E-state index in [0.717, 1.165) is 6.54 Å². The van der Waals surface area contributed by atoms with E-state index in [1.165, 1.54) is 0 Å². The summed E-state index contributed by atoms with van der Waals surface area (Å²) in [6.07, 6.45) is 5.74. The van der Waals surface area contributed by atoms with Crippen molar-refractivity contribution in [2.24, 2.45) is 0 Å². The van der Waals surface area contributed by atoms with Crippen LogP contribution in [0.15, 0.2) is 43.0 Å². The molecule has 3 rings (SSSR count). The first-order chi connectivity index (χ1) is 11.8. The second-order valence-corrected chi connectivity index (χ2v) is 5.62. The number of amides is 1. The number of nitrogens with zero attached hydrogens (tertiary/aromatic N) is 2. The Morgan fingerprint density at radius 2 is 2.23 bits per heavy atom. The quantitative estimate of drug-likeness (QED) is 0.741. The van der Waals surface area contributed by atoms with Gasteiger partial charge in [0, 0.05) is 31.4 Å². The van der Waals surface area contributed by atoms with E-state index in [1.807, 2.05) is 35.0 Å². The molecular formula is C17H24Cl2N4O3. The predicted octanol–water partition coefficient (Wildman–Crippen LogP) is 2.12. The van der Waals surface area contributed by atoms with Crippen molar-refractivity contribution in [2.75, 3.05) is 31.7 Å². The van der Waals surface area contributed by atoms with Crippen LogP contribution in [0.1, 0.15) is 6.42 Å². The van der Waals surface area contributed by atoms with E-state index < -0.39 is 0 Å². The number of carbonyl (C=O) groups excluding carboxylic acids is 1. The molecule has 0 saturated carbocycles. The lowest BCUT2D eigenvalue weighted by Crippen LogP contribution is -2.43. The molecule has 144 valence electrons. The van der Waals surface area contributed by atoms with E-state index in [4.69, 9.17) is 9.47 Å². The summed E-state index contributed by atoms with van der Waals surface area (Å²) in [5.74, 6) is 0.613. The number of rotatable bonds is 7. The maximum Gasteiger partial charge on any atom is 0.226 e. The molecule has 1 unspecified atom stereocenters. The Morgan fingerprint density at radius 3 is 2.96 bits per heavy atom. The van der Waals surface area contributed by atoms with Crippen LogP contribution in [-0.2, 0) is 16.1 Å². The molecule has 0 spiro atoms. The minimum Gasteiger partial charge on any atom is -0.490 e. The number of nitrogens with one attached hydrogen (secondary N) is 2. The largest absolute Gasteiger partial charge is 0.490 e. The molecule has 2 N–H and O–H groups in total. The fourth-order valence-electron chi connectivity index (χ4n) is 2.55. The molecule has 1 aliphatic rings. The average Bonchev–Trinajstić information content (AvgIpc) is 3.11. The van der Waals surface area contributed by atoms with Crippen LogP contribution in [0.25, 0.3) is 0 Å². The van der Waals surface area contributed by atoms with Crippen molar-refractivity contribution in [1.82, 2.24) is 14.9 Å². The summed E-state index contributed by atoms with van der Waals surface area (Å²) < 4.78 is 13.1. The standard InChI is InChI=1S/C17H22N4O3.2ClH/c22-17(11-14-12-23-9-6-19-14)20-15-3-1-2-4-16(15)24-10-8-21-7-5-18-13-21;;/h1-5,7,13-14,19H,6,8-12H2,(H,20,22);2*1H. The van der Waals surface area contributed by atoms with Crippen molar-refractivity contribution in [3.8, 4) is 5.75 Å². The zero-order valence-electron chi connectivity index (χ0n) is 14.3. The number of hydrogen-bond acceptors (Lipinski definition) is 5. The molecule has 7 nitrogen and oxygen atoms in total. The Bertz CT molecular complexity index is 649. The number of para-hydroxylation sites is 2. The lowest BCUT2D eigenvalue weighted by atomic mass is 10.2. The van der Waals surface area contributed by atoms with Gasteiger partial charge in [0.25, 0.3) is 0 Å². The van der Waals surface area contributed by atoms with E-state index in [1.54, 1.807) is 12.5 Å². The zero-order valence-corrected chi connectivity index (χ0v) is 15.9. The van der Waals surface area contributed by atoms with Gasteiger partial charge in [0.05, 0.1) is 31.8 Å². The monoisotopic (exact) mass is 402 g/mol. The molecule has 2 heterocycles. The molecule has 0 bridgehead atoms. The van der Waals surface area contributed by atoms with E-state index in [9.17, 15) is 4.79 Å². The Labute approximate surface area is 165 Å². The summed E-state index contributed by atoms with van der Waals surface area (Å²) >= 11 is 0. The van der Waals surface area contributed by atoms with Crippen molar-refractivity contribution < 1.29 is 14.3 Å². The van der Waals surface area contributed by atoms with Crippen molar-refractivity contribution in [1.29, 1.82) is 0 Å². The molecule has 1 fully saturated rings. The number of imidazole rings is 1. The molecule has 1 aliphatic heterocycles. The molecule has 1 saturated heterocycles. The predicted molar refractivity (Wildman–Crippen MR) is 105 cm³/mol. The SMILES string of the molecule is Cl.Cl.O=C(CC1COCCN1)Nc1ccccc1OCCn1ccnc1. The number of carbonyl (C=O) groups is 1. The minimum absolute atomic E-state index is 0. The number of morpholine rings is 1. The van der Waals surface area contributed by atoms with Gasteiger partial charge in [-0.3, -0.25) is 4.79 Å². The van der Waals surface area contributed by atoms with Gasteiger partial charge in [-0.15, -0.1) is 24.8 Å². The normalized spacial score (nSPS) is 16.1. The third kappa shape index (κ3) is 6.84. The van der Waals surface area contributed by atoms with Crippen molar-refractivity contribution in [3.63, 3.8) is 0 Å². The molecule has 2 aromatic rings. The first-order valence-electron chi connectivity index (χ1n) is 8.10. The molecule has 9 heteroatoms. The van der Waals surface area contributed by atoms with Crippen molar-refractivity contribution in [3.05, 3.63) is 43.0 Å². The summed E-state index contributed by atoms with van der Waals surface area (Å²) in [4.78, 5) is 16.2. The highest BCUT2D eigenvalue weighted by atomic mass is 35.5. The Hall–Kier alpha value is -1.80. The van der Waals surface area contributed by atoms with Gasteiger partial charge in [-0.1, -0.05) is 12.1 Å². The number of hydrogen-bond donors (Lipinski definition) is 2. The number of anilines is 1. The molecule has 1 aromatic heterocycles. The van der Waals surface area contributed by atoms with E-state index in [-0.39, 0.29) is 36.8 Å². The maximum absolute atomic E-state index is 12.2. The van der Waals surface area contributed by atoms with Crippen LogP contribution in [-0.4, -0.2) is 47.9 Å². The van der Waals surface area contributed by atoms with Crippen molar-refractivity contribution >= 4 is 36.4 Å². The van der Waals surface area contributed by atoms with Gasteiger partial charge in [0.2, 0.25) is 5.91 Å². The fourth-order valence-corrected chi connectivity index (χ4v) is 2.55. The summed E-state index contributed by atoms with van der Waals surface area (Å²) in [5.41, 5.74) is 0.685. The number of aromatic nitrogens is 2. The molecule has 0 aliphatic carbocycles. The number of halogens is 2. The average molecular weight is 403 g/mol. The lowest BCUT2D eigenvalue weighted by Gasteiger charge is -2.23. The van der Waals surface area contributed by atoms with Crippen LogP contribution in [0.5, 0.6) is 5.75 Å². The van der Waals surface area contributed by atoms with Gasteiger partial charge in [0.1, 0.15) is 12.4 Å². The Morgan fingerprint density at radius 1 is 1.38 bits per heavy atom. The Balaban J connectivity index is 0.00000169. The highest BCUT2D eigenvalue weighted by Crippen LogP contribution is 2.24. The summed E-state index contributed by atoms with van der Waals surface area (Å²) in [7, 11) is 0. The fraction of sp³-hybridized carbons (Fsp3) is 0.412. The number of ether oxygens (including phenoxy) is 2. The molecule has 26 heavy (non-hydrogen) atoms. The number of benzene rings is 1. The van der Waals surface area contributed by atoms with E-state index in [0.29, 0.717) is 44.2 Å². The van der Waals surface area contributed by atoms with Crippen LogP contribution >= 0.6 is 24.8 Å². The highest BCUT2D eigenvalue weighted by molar-refractivity contribution is 5.92. The third-order valence-electron chi connectivity index (χ3n) is 3.76. The van der Waals surface area contributed by atoms with Crippen molar-refractivity contribution in [2.45, 2.75) is 19.0 Å². The van der Waals surface area contributed by atoms with Crippen LogP contribution < -0.4 is 15.4 Å². The first-order valence-corrected chi connectivity index (χ1v) is 8.10. The van der Waals surface area contributed by atoms with Gasteiger partial charge >= 0.3 is 0 Å². The van der Waals surface area contributed by atoms with Crippen LogP contribution in [0.4, 0.5) is 5.69 Å². The topological polar surface area (TPSA) is 77.4 Å². The van der Waals surface area contributed by atoms with Crippen LogP contribution in [0.3, 0.4) is 0 Å². The van der Waals surface area contributed by atoms with E-state index >= 15 is 0 Å². The molecular weight excluding hydrogens is 379 g/mol. The zero-order chi connectivity index (χ0) is 16.6. The minimum atomic E-state index is -0.0522. The van der Waals surface area contributed by atoms with Crippen LogP contribution in [0, 0.1) is 0 Å². The van der Waals surface area contributed by atoms with E-state index in [2.05, 4.69) is 15.6 Å². The van der Waals surface area contributed by atoms with Gasteiger partial charge in [-0.05, 0) is 12.1 Å². The molecule has 1 aromatic carbocycles. The van der Waals surface area contributed by atoms with Gasteiger partial charge in [-0.2, -0.15) is 0 Å². The molecule has 1 atom stereocenters. The summed E-state index contributed by atoms with van der Waals surface area (Å²) in [6.45, 7) is 3.25. The molecule has 1 amide bonds. The maximum atomic E-state index is 12.2. The van der Waals surface area contributed by atoms with Gasteiger partial charge < -0.3 is 24.7 Å². The second-order valence-electron chi connectivity index (χ2n) is 5.62. The smallest absolute Gasteiger partial charge is 0.226 e. The first kappa shape index (κ1) is 22.2. The summed E-state index contributed by atoms with van der Waals surface area (Å²) in [5, 5.41) is 6.20. The Kier molecular flexibility index (Phi) is 10.0. The van der Waals surface area contributed by atoms with Gasteiger partial charge in [0.15, 0.2) is 0 Å².